The number of hydrogen-bond acceptors (Lipinski definition) is 4. The van der Waals surface area contributed by atoms with Crippen molar-refractivity contribution in [2.24, 2.45) is 21.1 Å². The van der Waals surface area contributed by atoms with Crippen LogP contribution in [0.1, 0.15) is 27.7 Å². The molecule has 0 heterocycles. The molecule has 76 valence electrons. The molecule has 0 aromatic carbocycles. The SMILES string of the molecule is CC(C)(C#N)C/N=N/CC(C)(C)C#N. The maximum Gasteiger partial charge on any atom is 0.0780 e. The van der Waals surface area contributed by atoms with Gasteiger partial charge in [-0.2, -0.15) is 20.8 Å². The third-order valence-electron chi connectivity index (χ3n) is 1.64. The summed E-state index contributed by atoms with van der Waals surface area (Å²) < 4.78 is 0. The minimum Gasteiger partial charge on any atom is -0.198 e. The van der Waals surface area contributed by atoms with Crippen molar-refractivity contribution in [3.05, 3.63) is 0 Å². The van der Waals surface area contributed by atoms with Crippen LogP contribution in [0.25, 0.3) is 0 Å². The zero-order valence-electron chi connectivity index (χ0n) is 9.20. The number of rotatable bonds is 4. The fourth-order valence-electron chi connectivity index (χ4n) is 0.524. The molecular formula is C10H16N4. The van der Waals surface area contributed by atoms with E-state index in [0.717, 1.165) is 0 Å². The lowest BCUT2D eigenvalue weighted by molar-refractivity contribution is 0.466. The van der Waals surface area contributed by atoms with Crippen LogP contribution in [0.4, 0.5) is 0 Å². The molecule has 0 radical (unpaired) electrons. The van der Waals surface area contributed by atoms with Crippen LogP contribution >= 0.6 is 0 Å². The molecule has 0 bridgehead atoms. The largest absolute Gasteiger partial charge is 0.198 e. The smallest absolute Gasteiger partial charge is 0.0780 e. The van der Waals surface area contributed by atoms with E-state index in [4.69, 9.17) is 10.5 Å². The zero-order chi connectivity index (χ0) is 11.2. The van der Waals surface area contributed by atoms with Gasteiger partial charge in [0.25, 0.3) is 0 Å². The molecule has 4 heteroatoms. The Morgan fingerprint density at radius 3 is 1.36 bits per heavy atom. The number of nitrogens with zero attached hydrogens (tertiary/aromatic N) is 4. The van der Waals surface area contributed by atoms with Gasteiger partial charge in [0.1, 0.15) is 0 Å². The van der Waals surface area contributed by atoms with E-state index < -0.39 is 10.8 Å². The van der Waals surface area contributed by atoms with Gasteiger partial charge in [-0.25, -0.2) is 0 Å². The van der Waals surface area contributed by atoms with Crippen molar-refractivity contribution in [1.82, 2.24) is 0 Å². The van der Waals surface area contributed by atoms with Gasteiger partial charge in [-0.1, -0.05) is 0 Å². The highest BCUT2D eigenvalue weighted by atomic mass is 15.1. The summed E-state index contributed by atoms with van der Waals surface area (Å²) in [6.07, 6.45) is 0. The van der Waals surface area contributed by atoms with Crippen molar-refractivity contribution in [1.29, 1.82) is 10.5 Å². The standard InChI is InChI=1S/C10H16N4/c1-9(2,5-11)7-13-14-8-10(3,4)6-12/h7-8H2,1-4H3/b14-13+. The first-order valence-corrected chi connectivity index (χ1v) is 4.49. The average molecular weight is 192 g/mol. The minimum atomic E-state index is -0.472. The summed E-state index contributed by atoms with van der Waals surface area (Å²) >= 11 is 0. The fourth-order valence-corrected chi connectivity index (χ4v) is 0.524. The summed E-state index contributed by atoms with van der Waals surface area (Å²) in [5, 5.41) is 25.2. The monoisotopic (exact) mass is 192 g/mol. The Kier molecular flexibility index (Phi) is 4.24. The third kappa shape index (κ3) is 5.27. The van der Waals surface area contributed by atoms with E-state index in [9.17, 15) is 0 Å². The number of hydrogen-bond donors (Lipinski definition) is 0. The van der Waals surface area contributed by atoms with Crippen molar-refractivity contribution in [2.45, 2.75) is 27.7 Å². The van der Waals surface area contributed by atoms with Crippen molar-refractivity contribution < 1.29 is 0 Å². The molecular weight excluding hydrogens is 176 g/mol. The van der Waals surface area contributed by atoms with Crippen LogP contribution in [0.2, 0.25) is 0 Å². The quantitative estimate of drug-likeness (QED) is 0.642. The molecule has 0 aliphatic rings. The summed E-state index contributed by atoms with van der Waals surface area (Å²) in [4.78, 5) is 0. The van der Waals surface area contributed by atoms with Crippen LogP contribution in [0.3, 0.4) is 0 Å². The van der Waals surface area contributed by atoms with E-state index in [1.54, 1.807) is 27.7 Å². The predicted molar refractivity (Wildman–Crippen MR) is 53.4 cm³/mol. The Labute approximate surface area is 85.3 Å². The van der Waals surface area contributed by atoms with Crippen LogP contribution in [-0.2, 0) is 0 Å². The first-order valence-electron chi connectivity index (χ1n) is 4.49. The first-order chi connectivity index (χ1) is 6.33. The van der Waals surface area contributed by atoms with E-state index in [2.05, 4.69) is 22.4 Å². The van der Waals surface area contributed by atoms with Gasteiger partial charge in [-0.3, -0.25) is 0 Å². The van der Waals surface area contributed by atoms with Crippen LogP contribution in [0.15, 0.2) is 10.2 Å². The second-order valence-corrected chi connectivity index (χ2v) is 4.59. The van der Waals surface area contributed by atoms with Crippen molar-refractivity contribution in [3.63, 3.8) is 0 Å². The molecule has 0 aromatic heterocycles. The van der Waals surface area contributed by atoms with Crippen LogP contribution in [-0.4, -0.2) is 13.1 Å². The topological polar surface area (TPSA) is 72.3 Å². The lowest BCUT2D eigenvalue weighted by atomic mass is 9.96. The molecule has 0 amide bonds. The Bertz CT molecular complexity index is 258. The molecule has 0 rings (SSSR count). The highest BCUT2D eigenvalue weighted by Gasteiger charge is 2.17. The van der Waals surface area contributed by atoms with Gasteiger partial charge in [0.15, 0.2) is 0 Å². The normalized spacial score (nSPS) is 12.4. The Morgan fingerprint density at radius 1 is 0.857 bits per heavy atom. The fraction of sp³-hybridized carbons (Fsp3) is 0.800. The average Bonchev–Trinajstić information content (AvgIpc) is 2.13. The van der Waals surface area contributed by atoms with E-state index in [-0.39, 0.29) is 0 Å². The van der Waals surface area contributed by atoms with Crippen LogP contribution in [0, 0.1) is 33.5 Å². The summed E-state index contributed by atoms with van der Waals surface area (Å²) in [6, 6.07) is 4.27. The van der Waals surface area contributed by atoms with E-state index in [1.807, 2.05) is 0 Å². The Morgan fingerprint density at radius 2 is 1.14 bits per heavy atom. The molecule has 14 heavy (non-hydrogen) atoms. The predicted octanol–water partition coefficient (Wildman–Crippen LogP) is 2.54. The highest BCUT2D eigenvalue weighted by Crippen LogP contribution is 2.15. The van der Waals surface area contributed by atoms with Crippen molar-refractivity contribution in [3.8, 4) is 12.1 Å². The number of nitriles is 2. The molecule has 0 N–H and O–H groups in total. The van der Waals surface area contributed by atoms with Gasteiger partial charge < -0.3 is 0 Å². The highest BCUT2D eigenvalue weighted by molar-refractivity contribution is 4.94. The van der Waals surface area contributed by atoms with Gasteiger partial charge in [-0.15, -0.1) is 0 Å². The number of azo groups is 1. The van der Waals surface area contributed by atoms with E-state index in [0.29, 0.717) is 13.1 Å². The van der Waals surface area contributed by atoms with Gasteiger partial charge in [-0.05, 0) is 27.7 Å². The Hall–Kier alpha value is -1.42. The van der Waals surface area contributed by atoms with Gasteiger partial charge >= 0.3 is 0 Å². The summed E-state index contributed by atoms with van der Waals surface area (Å²) in [5.74, 6) is 0. The van der Waals surface area contributed by atoms with Crippen molar-refractivity contribution in [2.75, 3.05) is 13.1 Å². The lowest BCUT2D eigenvalue weighted by Gasteiger charge is -2.12. The minimum absolute atomic E-state index is 0.380. The molecule has 0 fully saturated rings. The second kappa shape index (κ2) is 4.72. The molecule has 0 saturated heterocycles. The molecule has 0 aliphatic heterocycles. The van der Waals surface area contributed by atoms with Crippen LogP contribution < -0.4 is 0 Å². The second-order valence-electron chi connectivity index (χ2n) is 4.59. The van der Waals surface area contributed by atoms with E-state index in [1.165, 1.54) is 0 Å². The van der Waals surface area contributed by atoms with Gasteiger partial charge in [0, 0.05) is 0 Å². The van der Waals surface area contributed by atoms with Crippen molar-refractivity contribution >= 4 is 0 Å². The van der Waals surface area contributed by atoms with Gasteiger partial charge in [0.05, 0.1) is 36.1 Å². The first kappa shape index (κ1) is 12.6. The molecule has 0 unspecified atom stereocenters. The molecule has 0 aliphatic carbocycles. The lowest BCUT2D eigenvalue weighted by Crippen LogP contribution is -2.14. The Balaban J connectivity index is 4.02. The molecule has 0 aromatic rings. The summed E-state index contributed by atoms with van der Waals surface area (Å²) in [6.45, 7) is 7.99. The molecule has 0 spiro atoms. The molecule has 0 atom stereocenters. The maximum atomic E-state index is 8.70. The summed E-state index contributed by atoms with van der Waals surface area (Å²) in [7, 11) is 0. The van der Waals surface area contributed by atoms with Crippen LogP contribution in [0.5, 0.6) is 0 Å². The molecule has 0 saturated carbocycles. The third-order valence-corrected chi connectivity index (χ3v) is 1.64. The van der Waals surface area contributed by atoms with Gasteiger partial charge in [0.2, 0.25) is 0 Å². The summed E-state index contributed by atoms with van der Waals surface area (Å²) in [5.41, 5.74) is -0.944. The molecule has 4 nitrogen and oxygen atoms in total. The zero-order valence-corrected chi connectivity index (χ0v) is 9.20. The maximum absolute atomic E-state index is 8.70. The van der Waals surface area contributed by atoms with E-state index >= 15 is 0 Å².